The van der Waals surface area contributed by atoms with Gasteiger partial charge in [0.15, 0.2) is 0 Å². The molecule has 1 rings (SSSR count). The first-order chi connectivity index (χ1) is 9.45. The molecule has 0 saturated carbocycles. The van der Waals surface area contributed by atoms with Crippen LogP contribution in [0.25, 0.3) is 0 Å². The Morgan fingerprint density at radius 1 is 1.50 bits per heavy atom. The maximum absolute atomic E-state index is 13.4. The summed E-state index contributed by atoms with van der Waals surface area (Å²) >= 11 is 0. The van der Waals surface area contributed by atoms with Gasteiger partial charge in [0.2, 0.25) is 5.91 Å². The highest BCUT2D eigenvalue weighted by molar-refractivity contribution is 5.95. The molecule has 0 spiro atoms. The van der Waals surface area contributed by atoms with Crippen LogP contribution in [-0.2, 0) is 9.53 Å². The minimum absolute atomic E-state index is 0.166. The molecule has 0 saturated heterocycles. The van der Waals surface area contributed by atoms with Gasteiger partial charge in [-0.15, -0.1) is 0 Å². The van der Waals surface area contributed by atoms with Crippen molar-refractivity contribution in [2.75, 3.05) is 19.0 Å². The number of carboxylic acid groups (broad SMARTS) is 1. The van der Waals surface area contributed by atoms with E-state index in [1.54, 1.807) is 7.11 Å². The quantitative estimate of drug-likeness (QED) is 0.653. The van der Waals surface area contributed by atoms with Crippen molar-refractivity contribution in [2.24, 2.45) is 5.73 Å². The van der Waals surface area contributed by atoms with E-state index in [2.05, 4.69) is 5.32 Å². The van der Waals surface area contributed by atoms with E-state index >= 15 is 0 Å². The fraction of sp³-hybridized carbons (Fsp3) is 0.385. The smallest absolute Gasteiger partial charge is 0.338 e. The van der Waals surface area contributed by atoms with Gasteiger partial charge in [-0.05, 0) is 31.0 Å². The predicted octanol–water partition coefficient (Wildman–Crippen LogP) is 1.22. The maximum Gasteiger partial charge on any atom is 0.338 e. The lowest BCUT2D eigenvalue weighted by molar-refractivity contribution is -0.117. The molecule has 4 N–H and O–H groups in total. The third-order valence-corrected chi connectivity index (χ3v) is 2.67. The Bertz CT molecular complexity index is 493. The van der Waals surface area contributed by atoms with Crippen molar-refractivity contribution in [3.63, 3.8) is 0 Å². The van der Waals surface area contributed by atoms with Gasteiger partial charge >= 0.3 is 5.97 Å². The third kappa shape index (κ3) is 4.60. The van der Waals surface area contributed by atoms with Gasteiger partial charge in [0.05, 0.1) is 11.6 Å². The minimum Gasteiger partial charge on any atom is -0.478 e. The van der Waals surface area contributed by atoms with Crippen molar-refractivity contribution in [1.82, 2.24) is 0 Å². The number of carboxylic acids is 1. The molecule has 20 heavy (non-hydrogen) atoms. The highest BCUT2D eigenvalue weighted by Gasteiger charge is 2.15. The van der Waals surface area contributed by atoms with Crippen molar-refractivity contribution in [1.29, 1.82) is 0 Å². The van der Waals surface area contributed by atoms with E-state index in [1.807, 2.05) is 0 Å². The number of anilines is 1. The van der Waals surface area contributed by atoms with Crippen LogP contribution in [0.15, 0.2) is 18.2 Å². The zero-order valence-electron chi connectivity index (χ0n) is 11.1. The number of nitrogens with two attached hydrogens (primary N) is 1. The lowest BCUT2D eigenvalue weighted by Gasteiger charge is -2.12. The molecule has 0 aliphatic heterocycles. The summed E-state index contributed by atoms with van der Waals surface area (Å²) in [6, 6.07) is 2.62. The Morgan fingerprint density at radius 3 is 2.75 bits per heavy atom. The van der Waals surface area contributed by atoms with E-state index in [9.17, 15) is 14.0 Å². The van der Waals surface area contributed by atoms with Crippen LogP contribution in [0.4, 0.5) is 10.1 Å². The molecule has 1 aromatic carbocycles. The Labute approximate surface area is 115 Å². The van der Waals surface area contributed by atoms with Crippen LogP contribution in [0.1, 0.15) is 23.2 Å². The van der Waals surface area contributed by atoms with Crippen molar-refractivity contribution < 1.29 is 23.8 Å². The molecule has 7 heteroatoms. The molecule has 1 amide bonds. The number of halogens is 1. The van der Waals surface area contributed by atoms with E-state index in [0.717, 1.165) is 12.1 Å². The van der Waals surface area contributed by atoms with Gasteiger partial charge in [-0.2, -0.15) is 0 Å². The summed E-state index contributed by atoms with van der Waals surface area (Å²) in [7, 11) is 1.55. The number of carbonyl (C=O) groups is 2. The standard InChI is InChI=1S/C13H17FN2O4/c1-20-6-2-3-11(15)12(17)16-8-4-5-9(13(18)19)10(14)7-8/h4-5,7,11H,2-3,6,15H2,1H3,(H,16,17)(H,18,19). The normalized spacial score (nSPS) is 11.9. The van der Waals surface area contributed by atoms with Crippen LogP contribution < -0.4 is 11.1 Å². The molecule has 0 bridgehead atoms. The first kappa shape index (κ1) is 16.1. The topological polar surface area (TPSA) is 102 Å². The van der Waals surface area contributed by atoms with Gasteiger partial charge in [-0.25, -0.2) is 9.18 Å². The van der Waals surface area contributed by atoms with Crippen LogP contribution >= 0.6 is 0 Å². The Kier molecular flexibility index (Phi) is 6.08. The Hall–Kier alpha value is -1.99. The lowest BCUT2D eigenvalue weighted by Crippen LogP contribution is -2.35. The zero-order valence-corrected chi connectivity index (χ0v) is 11.1. The van der Waals surface area contributed by atoms with E-state index in [4.69, 9.17) is 15.6 Å². The molecular weight excluding hydrogens is 267 g/mol. The summed E-state index contributed by atoms with van der Waals surface area (Å²) in [5.41, 5.74) is 5.38. The van der Waals surface area contributed by atoms with Crippen molar-refractivity contribution in [3.8, 4) is 0 Å². The molecule has 0 fully saturated rings. The Morgan fingerprint density at radius 2 is 2.20 bits per heavy atom. The molecule has 110 valence electrons. The molecule has 1 unspecified atom stereocenters. The summed E-state index contributed by atoms with van der Waals surface area (Å²) < 4.78 is 18.3. The van der Waals surface area contributed by atoms with Gasteiger partial charge in [0.25, 0.3) is 0 Å². The second kappa shape index (κ2) is 7.56. The van der Waals surface area contributed by atoms with Gasteiger partial charge < -0.3 is 20.9 Å². The van der Waals surface area contributed by atoms with Crippen molar-refractivity contribution in [3.05, 3.63) is 29.6 Å². The summed E-state index contributed by atoms with van der Waals surface area (Å²) in [5, 5.41) is 11.1. The first-order valence-corrected chi connectivity index (χ1v) is 6.04. The highest BCUT2D eigenvalue weighted by Crippen LogP contribution is 2.15. The number of amides is 1. The monoisotopic (exact) mass is 284 g/mol. The van der Waals surface area contributed by atoms with E-state index in [-0.39, 0.29) is 5.69 Å². The van der Waals surface area contributed by atoms with Crippen molar-refractivity contribution in [2.45, 2.75) is 18.9 Å². The number of rotatable bonds is 7. The van der Waals surface area contributed by atoms with E-state index < -0.39 is 29.3 Å². The molecule has 0 aliphatic rings. The molecule has 0 heterocycles. The highest BCUT2D eigenvalue weighted by atomic mass is 19.1. The zero-order chi connectivity index (χ0) is 15.1. The first-order valence-electron chi connectivity index (χ1n) is 6.04. The molecule has 0 aliphatic carbocycles. The molecular formula is C13H17FN2O4. The average molecular weight is 284 g/mol. The SMILES string of the molecule is COCCCC(N)C(=O)Nc1ccc(C(=O)O)c(F)c1. The number of nitrogens with one attached hydrogen (secondary N) is 1. The molecule has 1 atom stereocenters. The fourth-order valence-electron chi connectivity index (χ4n) is 1.58. The molecule has 6 nitrogen and oxygen atoms in total. The maximum atomic E-state index is 13.4. The van der Waals surface area contributed by atoms with Gasteiger partial charge in [0, 0.05) is 19.4 Å². The summed E-state index contributed by atoms with van der Waals surface area (Å²) in [6.45, 7) is 0.503. The van der Waals surface area contributed by atoms with Crippen LogP contribution in [0.2, 0.25) is 0 Å². The summed E-state index contributed by atoms with van der Waals surface area (Å²) in [6.07, 6.45) is 1.08. The second-order valence-corrected chi connectivity index (χ2v) is 4.23. The van der Waals surface area contributed by atoms with Gasteiger partial charge in [-0.3, -0.25) is 4.79 Å². The van der Waals surface area contributed by atoms with E-state index in [0.29, 0.717) is 19.4 Å². The predicted molar refractivity (Wildman–Crippen MR) is 71.1 cm³/mol. The second-order valence-electron chi connectivity index (χ2n) is 4.23. The lowest BCUT2D eigenvalue weighted by atomic mass is 10.1. The van der Waals surface area contributed by atoms with Crippen molar-refractivity contribution >= 4 is 17.6 Å². The molecule has 1 aromatic rings. The van der Waals surface area contributed by atoms with Crippen LogP contribution in [0.5, 0.6) is 0 Å². The largest absolute Gasteiger partial charge is 0.478 e. The average Bonchev–Trinajstić information content (AvgIpc) is 2.38. The number of ether oxygens (including phenoxy) is 1. The summed E-state index contributed by atoms with van der Waals surface area (Å²) in [5.74, 6) is -2.73. The fourth-order valence-corrected chi connectivity index (χ4v) is 1.58. The third-order valence-electron chi connectivity index (χ3n) is 2.67. The van der Waals surface area contributed by atoms with Crippen LogP contribution in [0.3, 0.4) is 0 Å². The van der Waals surface area contributed by atoms with Crippen LogP contribution in [0, 0.1) is 5.82 Å². The number of benzene rings is 1. The minimum atomic E-state index is -1.36. The van der Waals surface area contributed by atoms with E-state index in [1.165, 1.54) is 6.07 Å². The van der Waals surface area contributed by atoms with Gasteiger partial charge in [0.1, 0.15) is 5.82 Å². The number of methoxy groups -OCH3 is 1. The number of carbonyl (C=O) groups excluding carboxylic acids is 1. The Balaban J connectivity index is 2.62. The van der Waals surface area contributed by atoms with Crippen LogP contribution in [-0.4, -0.2) is 36.7 Å². The number of hydrogen-bond acceptors (Lipinski definition) is 4. The molecule has 0 radical (unpaired) electrons. The number of hydrogen-bond donors (Lipinski definition) is 3. The summed E-state index contributed by atoms with van der Waals surface area (Å²) in [4.78, 5) is 22.4. The number of aromatic carboxylic acids is 1. The molecule has 0 aromatic heterocycles. The van der Waals surface area contributed by atoms with Gasteiger partial charge in [-0.1, -0.05) is 0 Å².